The number of aromatic nitrogens is 3. The molecule has 0 bridgehead atoms. The molecule has 0 aromatic carbocycles. The van der Waals surface area contributed by atoms with Gasteiger partial charge in [0.15, 0.2) is 0 Å². The molecule has 0 aliphatic rings. The van der Waals surface area contributed by atoms with Gasteiger partial charge in [0.05, 0.1) is 18.1 Å². The fourth-order valence-electron chi connectivity index (χ4n) is 2.65. The molecule has 0 aliphatic carbocycles. The minimum absolute atomic E-state index is 0.0342. The Morgan fingerprint density at radius 1 is 1.40 bits per heavy atom. The highest BCUT2D eigenvalue weighted by atomic mass is 32.1. The van der Waals surface area contributed by atoms with Crippen LogP contribution >= 0.6 is 22.7 Å². The number of rotatable bonds is 7. The number of carbonyl (C=O) groups excluding carboxylic acids is 1. The highest BCUT2D eigenvalue weighted by molar-refractivity contribution is 7.11. The number of hydrogen-bond acceptors (Lipinski definition) is 5. The van der Waals surface area contributed by atoms with Crippen molar-refractivity contribution in [3.05, 3.63) is 56.7 Å². The van der Waals surface area contributed by atoms with E-state index in [1.165, 1.54) is 10.4 Å². The van der Waals surface area contributed by atoms with Crippen LogP contribution in [-0.4, -0.2) is 20.4 Å². The molecule has 2 atom stereocenters. The first-order chi connectivity index (χ1) is 12.0. The normalized spacial score (nSPS) is 13.6. The van der Waals surface area contributed by atoms with E-state index in [4.69, 9.17) is 0 Å². The quantitative estimate of drug-likeness (QED) is 0.678. The van der Waals surface area contributed by atoms with Gasteiger partial charge in [-0.15, -0.1) is 11.3 Å². The molecule has 3 heterocycles. The van der Waals surface area contributed by atoms with Gasteiger partial charge in [0.25, 0.3) is 0 Å². The van der Waals surface area contributed by atoms with E-state index in [0.29, 0.717) is 6.42 Å². The van der Waals surface area contributed by atoms with Crippen LogP contribution in [0.5, 0.6) is 0 Å². The monoisotopic (exact) mass is 374 g/mol. The Bertz CT molecular complexity index is 789. The average Bonchev–Trinajstić information content (AvgIpc) is 3.30. The third-order valence-corrected chi connectivity index (χ3v) is 6.13. The smallest absolute Gasteiger partial charge is 0.222 e. The Labute approximate surface area is 155 Å². The van der Waals surface area contributed by atoms with Crippen molar-refractivity contribution in [2.24, 2.45) is 0 Å². The van der Waals surface area contributed by atoms with Crippen LogP contribution in [0.2, 0.25) is 0 Å². The zero-order chi connectivity index (χ0) is 17.8. The maximum Gasteiger partial charge on any atom is 0.222 e. The maximum absolute atomic E-state index is 12.6. The van der Waals surface area contributed by atoms with E-state index >= 15 is 0 Å². The predicted molar refractivity (Wildman–Crippen MR) is 102 cm³/mol. The van der Waals surface area contributed by atoms with Crippen LogP contribution in [0, 0.1) is 13.8 Å². The molecule has 0 spiro atoms. The van der Waals surface area contributed by atoms with Gasteiger partial charge in [-0.25, -0.2) is 9.97 Å². The maximum atomic E-state index is 12.6. The van der Waals surface area contributed by atoms with E-state index in [1.807, 2.05) is 24.6 Å². The van der Waals surface area contributed by atoms with Crippen molar-refractivity contribution in [1.29, 1.82) is 0 Å². The summed E-state index contributed by atoms with van der Waals surface area (Å²) in [5.74, 6) is 0.0342. The van der Waals surface area contributed by atoms with Gasteiger partial charge in [-0.3, -0.25) is 4.79 Å². The number of nitrogens with zero attached hydrogens (tertiary/aromatic N) is 3. The van der Waals surface area contributed by atoms with Gasteiger partial charge in [0, 0.05) is 36.2 Å². The fraction of sp³-hybridized carbons (Fsp3) is 0.389. The number of hydrogen-bond donors (Lipinski definition) is 1. The van der Waals surface area contributed by atoms with Crippen LogP contribution in [-0.2, 0) is 11.2 Å². The second-order valence-electron chi connectivity index (χ2n) is 6.21. The summed E-state index contributed by atoms with van der Waals surface area (Å²) in [6.07, 6.45) is 6.54. The number of thiazole rings is 1. The molecule has 3 rings (SSSR count). The van der Waals surface area contributed by atoms with Crippen LogP contribution in [0.15, 0.2) is 35.5 Å². The zero-order valence-electron chi connectivity index (χ0n) is 14.6. The Balaban J connectivity index is 1.71. The van der Waals surface area contributed by atoms with E-state index in [2.05, 4.69) is 39.0 Å². The molecule has 0 aliphatic heterocycles. The van der Waals surface area contributed by atoms with Gasteiger partial charge in [-0.05, 0) is 43.2 Å². The minimum atomic E-state index is -0.0884. The first kappa shape index (κ1) is 17.8. The molecule has 0 unspecified atom stereocenters. The number of imidazole rings is 1. The molecule has 132 valence electrons. The molecule has 0 saturated carbocycles. The number of nitrogens with one attached hydrogen (secondary N) is 1. The first-order valence-electron chi connectivity index (χ1n) is 8.24. The van der Waals surface area contributed by atoms with Gasteiger partial charge in [-0.2, -0.15) is 11.3 Å². The Morgan fingerprint density at radius 2 is 2.24 bits per heavy atom. The first-order valence-corrected chi connectivity index (χ1v) is 10.0. The van der Waals surface area contributed by atoms with Gasteiger partial charge in [0.1, 0.15) is 5.01 Å². The van der Waals surface area contributed by atoms with Gasteiger partial charge in [0.2, 0.25) is 5.91 Å². The summed E-state index contributed by atoms with van der Waals surface area (Å²) in [5, 5.41) is 8.35. The molecule has 0 fully saturated rings. The van der Waals surface area contributed by atoms with Crippen molar-refractivity contribution in [1.82, 2.24) is 19.9 Å². The summed E-state index contributed by atoms with van der Waals surface area (Å²) in [7, 11) is 0. The third-order valence-electron chi connectivity index (χ3n) is 4.21. The van der Waals surface area contributed by atoms with Crippen molar-refractivity contribution >= 4 is 28.6 Å². The predicted octanol–water partition coefficient (Wildman–Crippen LogP) is 4.07. The lowest BCUT2D eigenvalue weighted by atomic mass is 10.1. The molecule has 5 nitrogen and oxygen atoms in total. The summed E-state index contributed by atoms with van der Waals surface area (Å²) in [6.45, 7) is 6.11. The summed E-state index contributed by atoms with van der Waals surface area (Å²) in [4.78, 5) is 22.5. The van der Waals surface area contributed by atoms with Crippen LogP contribution < -0.4 is 5.32 Å². The number of carbonyl (C=O) groups is 1. The van der Waals surface area contributed by atoms with Crippen LogP contribution in [0.1, 0.15) is 46.6 Å². The molecule has 7 heteroatoms. The lowest BCUT2D eigenvalue weighted by molar-refractivity contribution is -0.122. The van der Waals surface area contributed by atoms with Crippen molar-refractivity contribution in [3.8, 4) is 0 Å². The topological polar surface area (TPSA) is 59.8 Å². The van der Waals surface area contributed by atoms with E-state index in [1.54, 1.807) is 35.2 Å². The minimum Gasteiger partial charge on any atom is -0.346 e. The highest BCUT2D eigenvalue weighted by Crippen LogP contribution is 2.26. The van der Waals surface area contributed by atoms with Crippen LogP contribution in [0.25, 0.3) is 0 Å². The SMILES string of the molecule is Cc1nc([C@@H](Cc2ccsc2)NC(=O)C[C@@H](C)n2ccnc2)sc1C. The van der Waals surface area contributed by atoms with Crippen molar-refractivity contribution in [2.75, 3.05) is 0 Å². The molecule has 0 saturated heterocycles. The standard InChI is InChI=1S/C18H22N4OS2/c1-12(22-6-5-19-11-22)8-17(23)21-16(9-15-4-7-24-10-15)18-20-13(2)14(3)25-18/h4-7,10-12,16H,8-9H2,1-3H3,(H,21,23)/t12-,16-/m1/s1. The summed E-state index contributed by atoms with van der Waals surface area (Å²) in [5.41, 5.74) is 2.26. The van der Waals surface area contributed by atoms with E-state index in [-0.39, 0.29) is 18.0 Å². The van der Waals surface area contributed by atoms with Gasteiger partial charge in [-0.1, -0.05) is 0 Å². The summed E-state index contributed by atoms with van der Waals surface area (Å²) >= 11 is 3.34. The third kappa shape index (κ3) is 4.55. The van der Waals surface area contributed by atoms with Gasteiger partial charge >= 0.3 is 0 Å². The Hall–Kier alpha value is -1.99. The summed E-state index contributed by atoms with van der Waals surface area (Å²) in [6, 6.07) is 2.09. The molecule has 3 aromatic heterocycles. The number of amides is 1. The molecule has 1 N–H and O–H groups in total. The lowest BCUT2D eigenvalue weighted by Gasteiger charge is -2.18. The molecule has 3 aromatic rings. The van der Waals surface area contributed by atoms with Crippen LogP contribution in [0.4, 0.5) is 0 Å². The van der Waals surface area contributed by atoms with Crippen LogP contribution in [0.3, 0.4) is 0 Å². The number of thiophene rings is 1. The average molecular weight is 375 g/mol. The second kappa shape index (κ2) is 7.93. The Kier molecular flexibility index (Phi) is 5.65. The van der Waals surface area contributed by atoms with Gasteiger partial charge < -0.3 is 9.88 Å². The van der Waals surface area contributed by atoms with E-state index in [9.17, 15) is 4.79 Å². The molecule has 0 radical (unpaired) electrons. The second-order valence-corrected chi connectivity index (χ2v) is 8.23. The number of aryl methyl sites for hydroxylation is 2. The molecule has 25 heavy (non-hydrogen) atoms. The lowest BCUT2D eigenvalue weighted by Crippen LogP contribution is -2.31. The zero-order valence-corrected chi connectivity index (χ0v) is 16.2. The Morgan fingerprint density at radius 3 is 2.84 bits per heavy atom. The highest BCUT2D eigenvalue weighted by Gasteiger charge is 2.21. The largest absolute Gasteiger partial charge is 0.346 e. The van der Waals surface area contributed by atoms with Crippen molar-refractivity contribution in [2.45, 2.75) is 45.7 Å². The molecular weight excluding hydrogens is 352 g/mol. The van der Waals surface area contributed by atoms with Crippen molar-refractivity contribution < 1.29 is 4.79 Å². The fourth-order valence-corrected chi connectivity index (χ4v) is 4.30. The van der Waals surface area contributed by atoms with Crippen molar-refractivity contribution in [3.63, 3.8) is 0 Å². The van der Waals surface area contributed by atoms with E-state index < -0.39 is 0 Å². The van der Waals surface area contributed by atoms with E-state index in [0.717, 1.165) is 17.1 Å². The molecular formula is C18H22N4OS2. The molecule has 1 amide bonds. The summed E-state index contributed by atoms with van der Waals surface area (Å²) < 4.78 is 1.95.